The van der Waals surface area contributed by atoms with Crippen LogP contribution in [0.3, 0.4) is 0 Å². The summed E-state index contributed by atoms with van der Waals surface area (Å²) in [5, 5.41) is 42.1. The number of aliphatic hydroxyl groups is 2. The van der Waals surface area contributed by atoms with E-state index < -0.39 is 27.8 Å². The van der Waals surface area contributed by atoms with Crippen LogP contribution in [0, 0.1) is 0 Å². The molecule has 0 amide bonds. The maximum Gasteiger partial charge on any atom is 3.00 e. The first-order chi connectivity index (χ1) is 14.9. The number of hydrogen-bond donors (Lipinski definition) is 10. The molecule has 1 radical (unpaired) electrons. The molecule has 33 heavy (non-hydrogen) atoms. The van der Waals surface area contributed by atoms with Crippen molar-refractivity contribution in [3.63, 3.8) is 0 Å². The van der Waals surface area contributed by atoms with Crippen LogP contribution in [0.2, 0.25) is 0 Å². The normalized spacial score (nSPS) is 11.3. The van der Waals surface area contributed by atoms with Gasteiger partial charge in [-0.05, 0) is 0 Å². The Hall–Kier alpha value is -1.30. The smallest absolute Gasteiger partial charge is 0.507 e. The van der Waals surface area contributed by atoms with Crippen molar-refractivity contribution in [2.45, 2.75) is 26.3 Å². The zero-order valence-electron chi connectivity index (χ0n) is 17.3. The molecule has 185 valence electrons. The molecule has 0 spiro atoms. The molecule has 0 fully saturated rings. The Balaban J connectivity index is 0.000000602. The summed E-state index contributed by atoms with van der Waals surface area (Å²) in [6, 6.07) is 9.67. The standard InChI is InChI=1S/2C9H14NO5P.Fe/c2*11-5-8-3-1-2-7(9(8)12)4-10-6-16(13,14)15;/h2*1-3,10-12H,4-6H2,(H2,13,14,15);/q;;+3. The molecular formula is C18H28FeN2O10P2+3. The van der Waals surface area contributed by atoms with Gasteiger partial charge in [0.25, 0.3) is 0 Å². The van der Waals surface area contributed by atoms with Gasteiger partial charge in [0.1, 0.15) is 11.5 Å². The van der Waals surface area contributed by atoms with E-state index in [-0.39, 0.29) is 54.9 Å². The van der Waals surface area contributed by atoms with E-state index >= 15 is 0 Å². The molecule has 2 aromatic carbocycles. The molecule has 0 aliphatic rings. The van der Waals surface area contributed by atoms with Crippen molar-refractivity contribution in [2.24, 2.45) is 0 Å². The third-order valence-corrected chi connectivity index (χ3v) is 5.28. The van der Waals surface area contributed by atoms with Gasteiger partial charge >= 0.3 is 32.3 Å². The second-order valence-corrected chi connectivity index (χ2v) is 9.96. The van der Waals surface area contributed by atoms with Gasteiger partial charge in [-0.15, -0.1) is 0 Å². The summed E-state index contributed by atoms with van der Waals surface area (Å²) >= 11 is 0. The number of aromatic hydroxyl groups is 2. The van der Waals surface area contributed by atoms with Crippen LogP contribution in [0.25, 0.3) is 0 Å². The number of rotatable bonds is 10. The van der Waals surface area contributed by atoms with Crippen molar-refractivity contribution in [1.82, 2.24) is 10.6 Å². The summed E-state index contributed by atoms with van der Waals surface area (Å²) in [7, 11) is -8.16. The number of benzene rings is 2. The molecule has 2 rings (SSSR count). The van der Waals surface area contributed by atoms with Crippen LogP contribution in [0.5, 0.6) is 11.5 Å². The van der Waals surface area contributed by atoms with Gasteiger partial charge in [-0.1, -0.05) is 36.4 Å². The monoisotopic (exact) mass is 550 g/mol. The maximum atomic E-state index is 10.6. The first-order valence-electron chi connectivity index (χ1n) is 9.19. The van der Waals surface area contributed by atoms with Crippen molar-refractivity contribution in [2.75, 3.05) is 12.6 Å². The minimum Gasteiger partial charge on any atom is -0.507 e. The molecule has 2 aromatic rings. The Labute approximate surface area is 201 Å². The minimum atomic E-state index is -4.08. The van der Waals surface area contributed by atoms with Crippen molar-refractivity contribution in [1.29, 1.82) is 0 Å². The fourth-order valence-corrected chi connectivity index (χ4v) is 3.31. The number of aliphatic hydroxyl groups excluding tert-OH is 2. The molecule has 0 bridgehead atoms. The molecule has 0 aliphatic heterocycles. The third kappa shape index (κ3) is 12.7. The second kappa shape index (κ2) is 14.9. The van der Waals surface area contributed by atoms with Crippen molar-refractivity contribution < 1.29 is 66.2 Å². The van der Waals surface area contributed by atoms with Gasteiger partial charge in [-0.3, -0.25) is 9.13 Å². The van der Waals surface area contributed by atoms with Gasteiger partial charge in [0.05, 0.1) is 25.8 Å². The van der Waals surface area contributed by atoms with E-state index in [0.29, 0.717) is 22.3 Å². The van der Waals surface area contributed by atoms with E-state index in [9.17, 15) is 19.3 Å². The molecule has 0 unspecified atom stereocenters. The zero-order valence-corrected chi connectivity index (χ0v) is 20.2. The molecular weight excluding hydrogens is 522 g/mol. The Morgan fingerprint density at radius 3 is 1.21 bits per heavy atom. The molecule has 12 nitrogen and oxygen atoms in total. The average molecular weight is 550 g/mol. The largest absolute Gasteiger partial charge is 3.00 e. The molecule has 0 atom stereocenters. The van der Waals surface area contributed by atoms with E-state index in [2.05, 4.69) is 10.6 Å². The Kier molecular flexibility index (Phi) is 14.3. The Bertz CT molecular complexity index is 890. The van der Waals surface area contributed by atoms with E-state index in [1.54, 1.807) is 36.4 Å². The first-order valence-corrected chi connectivity index (χ1v) is 12.8. The molecule has 15 heteroatoms. The maximum absolute atomic E-state index is 10.6. The molecule has 0 saturated carbocycles. The van der Waals surface area contributed by atoms with Gasteiger partial charge in [0.15, 0.2) is 0 Å². The molecule has 0 saturated heterocycles. The molecule has 0 aliphatic carbocycles. The van der Waals surface area contributed by atoms with Crippen LogP contribution in [-0.2, 0) is 52.5 Å². The summed E-state index contributed by atoms with van der Waals surface area (Å²) in [5.41, 5.74) is 1.74. The summed E-state index contributed by atoms with van der Waals surface area (Å²) in [5.74, 6) is -0.105. The Morgan fingerprint density at radius 1 is 0.636 bits per heavy atom. The quantitative estimate of drug-likeness (QED) is 0.142. The number of phenols is 2. The molecule has 0 heterocycles. The van der Waals surface area contributed by atoms with Crippen LogP contribution in [0.1, 0.15) is 22.3 Å². The van der Waals surface area contributed by atoms with Crippen LogP contribution < -0.4 is 10.6 Å². The van der Waals surface area contributed by atoms with Gasteiger partial charge in [-0.25, -0.2) is 0 Å². The average Bonchev–Trinajstić information content (AvgIpc) is 2.69. The zero-order chi connectivity index (χ0) is 24.4. The van der Waals surface area contributed by atoms with Crippen molar-refractivity contribution in [3.8, 4) is 11.5 Å². The minimum absolute atomic E-state index is 0. The van der Waals surface area contributed by atoms with E-state index in [1.165, 1.54) is 0 Å². The third-order valence-electron chi connectivity index (χ3n) is 4.01. The summed E-state index contributed by atoms with van der Waals surface area (Å²) in [6.45, 7) is -0.300. The van der Waals surface area contributed by atoms with Crippen LogP contribution in [-0.4, -0.2) is 52.6 Å². The van der Waals surface area contributed by atoms with E-state index in [0.717, 1.165) is 0 Å². The summed E-state index contributed by atoms with van der Waals surface area (Å²) in [6.07, 6.45) is -0.897. The van der Waals surface area contributed by atoms with Crippen LogP contribution >= 0.6 is 15.2 Å². The van der Waals surface area contributed by atoms with E-state index in [1.807, 2.05) is 0 Å². The Morgan fingerprint density at radius 2 is 0.939 bits per heavy atom. The van der Waals surface area contributed by atoms with Gasteiger partial charge in [0.2, 0.25) is 0 Å². The van der Waals surface area contributed by atoms with Crippen LogP contribution in [0.15, 0.2) is 36.4 Å². The van der Waals surface area contributed by atoms with Crippen molar-refractivity contribution >= 4 is 15.2 Å². The SMILES string of the molecule is O=P(O)(O)CNCc1cccc(CO)c1O.O=P(O)(O)CNCc1cccc(CO)c1O.[Fe+3]. The molecule has 10 N–H and O–H groups in total. The fourth-order valence-electron chi connectivity index (χ4n) is 2.50. The van der Waals surface area contributed by atoms with Gasteiger partial charge in [0, 0.05) is 35.3 Å². The first kappa shape index (κ1) is 31.7. The van der Waals surface area contributed by atoms with Gasteiger partial charge < -0.3 is 50.6 Å². The van der Waals surface area contributed by atoms with Crippen molar-refractivity contribution in [3.05, 3.63) is 58.7 Å². The fraction of sp³-hybridized carbons (Fsp3) is 0.333. The van der Waals surface area contributed by atoms with E-state index in [4.69, 9.17) is 29.8 Å². The topological polar surface area (TPSA) is 220 Å². The second-order valence-electron chi connectivity index (χ2n) is 6.67. The predicted molar refractivity (Wildman–Crippen MR) is 116 cm³/mol. The summed E-state index contributed by atoms with van der Waals surface area (Å²) in [4.78, 5) is 34.4. The number of para-hydroxylation sites is 2. The van der Waals surface area contributed by atoms with Crippen LogP contribution in [0.4, 0.5) is 0 Å². The summed E-state index contributed by atoms with van der Waals surface area (Å²) < 4.78 is 21.1. The predicted octanol–water partition coefficient (Wildman–Crippen LogP) is 0.216. The number of hydrogen-bond acceptors (Lipinski definition) is 8. The van der Waals surface area contributed by atoms with Gasteiger partial charge in [-0.2, -0.15) is 0 Å². The number of nitrogens with one attached hydrogen (secondary N) is 2. The molecule has 0 aromatic heterocycles.